The fraction of sp³-hybridized carbons (Fsp3) is 0.143. The van der Waals surface area contributed by atoms with Gasteiger partial charge in [0.05, 0.1) is 10.6 Å². The summed E-state index contributed by atoms with van der Waals surface area (Å²) in [5, 5.41) is 8.54. The second kappa shape index (κ2) is 2.99. The molecule has 3 N–H and O–H groups in total. The summed E-state index contributed by atoms with van der Waals surface area (Å²) >= 11 is 5.29. The number of benzene rings is 1. The Morgan fingerprint density at radius 1 is 1.31 bits per heavy atom. The molecule has 0 saturated heterocycles. The molecule has 0 bridgehead atoms. The number of phenols is 1. The first-order chi connectivity index (χ1) is 5.82. The standard InChI is InChI=1S/C7H5ClF3NO/c8-4-1-3(7(9,10)11)5(12)2-6(4)13/h1-2,13H,12H2. The summed E-state index contributed by atoms with van der Waals surface area (Å²) in [7, 11) is 0. The summed E-state index contributed by atoms with van der Waals surface area (Å²) < 4.78 is 36.4. The predicted octanol–water partition coefficient (Wildman–Crippen LogP) is 2.65. The van der Waals surface area contributed by atoms with Gasteiger partial charge in [0, 0.05) is 11.8 Å². The van der Waals surface area contributed by atoms with Crippen LogP contribution in [0.15, 0.2) is 12.1 Å². The van der Waals surface area contributed by atoms with Gasteiger partial charge in [0.25, 0.3) is 0 Å². The molecule has 0 heterocycles. The number of rotatable bonds is 0. The van der Waals surface area contributed by atoms with Crippen molar-refractivity contribution < 1.29 is 18.3 Å². The number of aromatic hydroxyl groups is 1. The zero-order valence-corrected chi connectivity index (χ0v) is 6.95. The van der Waals surface area contributed by atoms with Crippen LogP contribution in [0.5, 0.6) is 5.75 Å². The summed E-state index contributed by atoms with van der Waals surface area (Å²) in [4.78, 5) is 0. The van der Waals surface area contributed by atoms with Crippen LogP contribution in [-0.4, -0.2) is 5.11 Å². The first kappa shape index (κ1) is 9.98. The molecule has 0 aromatic heterocycles. The van der Waals surface area contributed by atoms with Crippen molar-refractivity contribution in [2.45, 2.75) is 6.18 Å². The van der Waals surface area contributed by atoms with E-state index in [1.807, 2.05) is 0 Å². The molecule has 6 heteroatoms. The van der Waals surface area contributed by atoms with Crippen LogP contribution in [0.25, 0.3) is 0 Å². The highest BCUT2D eigenvalue weighted by Gasteiger charge is 2.33. The monoisotopic (exact) mass is 211 g/mol. The van der Waals surface area contributed by atoms with Crippen LogP contribution in [0.3, 0.4) is 0 Å². The lowest BCUT2D eigenvalue weighted by Gasteiger charge is -2.10. The lowest BCUT2D eigenvalue weighted by molar-refractivity contribution is -0.136. The fourth-order valence-corrected chi connectivity index (χ4v) is 0.987. The van der Waals surface area contributed by atoms with Crippen molar-refractivity contribution in [3.63, 3.8) is 0 Å². The zero-order valence-electron chi connectivity index (χ0n) is 6.19. The third-order valence-corrected chi connectivity index (χ3v) is 1.73. The maximum Gasteiger partial charge on any atom is 0.418 e. The molecule has 0 aliphatic heterocycles. The van der Waals surface area contributed by atoms with E-state index >= 15 is 0 Å². The van der Waals surface area contributed by atoms with Crippen molar-refractivity contribution in [3.05, 3.63) is 22.7 Å². The second-order valence-corrected chi connectivity index (χ2v) is 2.80. The van der Waals surface area contributed by atoms with Crippen LogP contribution in [0.1, 0.15) is 5.56 Å². The average Bonchev–Trinajstić information content (AvgIpc) is 1.94. The molecule has 0 amide bonds. The molecule has 2 nitrogen and oxygen atoms in total. The first-order valence-corrected chi connectivity index (χ1v) is 3.55. The number of hydrogen-bond acceptors (Lipinski definition) is 2. The Morgan fingerprint density at radius 2 is 1.85 bits per heavy atom. The highest BCUT2D eigenvalue weighted by molar-refractivity contribution is 6.32. The number of alkyl halides is 3. The summed E-state index contributed by atoms with van der Waals surface area (Å²) in [6.45, 7) is 0. The maximum atomic E-state index is 12.1. The van der Waals surface area contributed by atoms with Crippen LogP contribution in [0.2, 0.25) is 5.02 Å². The Balaban J connectivity index is 3.32. The summed E-state index contributed by atoms with van der Waals surface area (Å²) in [6, 6.07) is 1.36. The van der Waals surface area contributed by atoms with E-state index in [0.29, 0.717) is 6.07 Å². The number of anilines is 1. The van der Waals surface area contributed by atoms with Gasteiger partial charge >= 0.3 is 6.18 Å². The Kier molecular flexibility index (Phi) is 2.30. The SMILES string of the molecule is Nc1cc(O)c(Cl)cc1C(F)(F)F. The van der Waals surface area contributed by atoms with Crippen molar-refractivity contribution in [3.8, 4) is 5.75 Å². The smallest absolute Gasteiger partial charge is 0.418 e. The number of nitrogens with two attached hydrogens (primary N) is 1. The molecule has 0 fully saturated rings. The van der Waals surface area contributed by atoms with Crippen LogP contribution in [0.4, 0.5) is 18.9 Å². The molecule has 0 radical (unpaired) electrons. The molecule has 0 saturated carbocycles. The summed E-state index contributed by atoms with van der Waals surface area (Å²) in [5.41, 5.74) is 3.44. The van der Waals surface area contributed by atoms with Crippen LogP contribution < -0.4 is 5.73 Å². The van der Waals surface area contributed by atoms with E-state index < -0.39 is 23.2 Å². The highest BCUT2D eigenvalue weighted by Crippen LogP contribution is 2.38. The molecule has 0 spiro atoms. The molecule has 0 aliphatic rings. The van der Waals surface area contributed by atoms with E-state index in [0.717, 1.165) is 6.07 Å². The van der Waals surface area contributed by atoms with Gasteiger partial charge < -0.3 is 10.8 Å². The lowest BCUT2D eigenvalue weighted by atomic mass is 10.1. The number of halogens is 4. The van der Waals surface area contributed by atoms with Gasteiger partial charge in [-0.05, 0) is 6.07 Å². The third kappa shape index (κ3) is 1.98. The van der Waals surface area contributed by atoms with Gasteiger partial charge in [0.1, 0.15) is 5.75 Å². The summed E-state index contributed by atoms with van der Waals surface area (Å²) in [6.07, 6.45) is -4.55. The van der Waals surface area contributed by atoms with Crippen LogP contribution in [0, 0.1) is 0 Å². The molecule has 13 heavy (non-hydrogen) atoms. The van der Waals surface area contributed by atoms with Crippen molar-refractivity contribution in [1.29, 1.82) is 0 Å². The van der Waals surface area contributed by atoms with Gasteiger partial charge in [-0.25, -0.2) is 0 Å². The predicted molar refractivity (Wildman–Crippen MR) is 42.5 cm³/mol. The van der Waals surface area contributed by atoms with Gasteiger partial charge in [-0.2, -0.15) is 13.2 Å². The maximum absolute atomic E-state index is 12.1. The molecular formula is C7H5ClF3NO. The normalized spacial score (nSPS) is 11.7. The van der Waals surface area contributed by atoms with Gasteiger partial charge in [0.2, 0.25) is 0 Å². The average molecular weight is 212 g/mol. The Morgan fingerprint density at radius 3 is 2.31 bits per heavy atom. The minimum Gasteiger partial charge on any atom is -0.506 e. The minimum absolute atomic E-state index is 0.374. The highest BCUT2D eigenvalue weighted by atomic mass is 35.5. The van der Waals surface area contributed by atoms with Crippen LogP contribution >= 0.6 is 11.6 Å². The largest absolute Gasteiger partial charge is 0.506 e. The molecule has 1 rings (SSSR count). The Bertz CT molecular complexity index is 337. The Hall–Kier alpha value is -1.10. The first-order valence-electron chi connectivity index (χ1n) is 3.17. The topological polar surface area (TPSA) is 46.2 Å². The number of nitrogen functional groups attached to an aromatic ring is 1. The van der Waals surface area contributed by atoms with Gasteiger partial charge in [0.15, 0.2) is 0 Å². The second-order valence-electron chi connectivity index (χ2n) is 2.39. The van der Waals surface area contributed by atoms with E-state index in [9.17, 15) is 13.2 Å². The molecule has 72 valence electrons. The van der Waals surface area contributed by atoms with Gasteiger partial charge in [-0.1, -0.05) is 11.6 Å². The number of phenolic OH excluding ortho intramolecular Hbond substituents is 1. The van der Waals surface area contributed by atoms with Crippen molar-refractivity contribution in [1.82, 2.24) is 0 Å². The van der Waals surface area contributed by atoms with E-state index in [4.69, 9.17) is 22.4 Å². The Labute approximate surface area is 76.7 Å². The van der Waals surface area contributed by atoms with Gasteiger partial charge in [-0.3, -0.25) is 0 Å². The molecule has 0 atom stereocenters. The van der Waals surface area contributed by atoms with E-state index in [2.05, 4.69) is 0 Å². The van der Waals surface area contributed by atoms with Crippen molar-refractivity contribution >= 4 is 17.3 Å². The van der Waals surface area contributed by atoms with E-state index in [1.54, 1.807) is 0 Å². The van der Waals surface area contributed by atoms with E-state index in [1.165, 1.54) is 0 Å². The molecule has 1 aromatic carbocycles. The van der Waals surface area contributed by atoms with Crippen molar-refractivity contribution in [2.75, 3.05) is 5.73 Å². The number of hydrogen-bond donors (Lipinski definition) is 2. The minimum atomic E-state index is -4.55. The van der Waals surface area contributed by atoms with Crippen molar-refractivity contribution in [2.24, 2.45) is 0 Å². The lowest BCUT2D eigenvalue weighted by Crippen LogP contribution is -2.08. The quantitative estimate of drug-likeness (QED) is 0.648. The molecule has 0 aliphatic carbocycles. The van der Waals surface area contributed by atoms with Gasteiger partial charge in [-0.15, -0.1) is 0 Å². The van der Waals surface area contributed by atoms with E-state index in [-0.39, 0.29) is 5.02 Å². The fourth-order valence-electron chi connectivity index (χ4n) is 0.823. The zero-order chi connectivity index (χ0) is 10.2. The molecule has 0 unspecified atom stereocenters. The molecule has 1 aromatic rings. The third-order valence-electron chi connectivity index (χ3n) is 1.42. The summed E-state index contributed by atoms with van der Waals surface area (Å²) in [5.74, 6) is -0.466. The molecular weight excluding hydrogens is 207 g/mol. The van der Waals surface area contributed by atoms with Crippen LogP contribution in [-0.2, 0) is 6.18 Å².